The first-order chi connectivity index (χ1) is 12.0. The van der Waals surface area contributed by atoms with E-state index in [0.29, 0.717) is 12.5 Å². The van der Waals surface area contributed by atoms with Gasteiger partial charge in [0.15, 0.2) is 0 Å². The van der Waals surface area contributed by atoms with E-state index < -0.39 is 6.10 Å². The average molecular weight is 359 g/mol. The lowest BCUT2D eigenvalue weighted by Gasteiger charge is -2.18. The van der Waals surface area contributed by atoms with Gasteiger partial charge < -0.3 is 14.4 Å². The van der Waals surface area contributed by atoms with E-state index in [1.165, 1.54) is 0 Å². The van der Waals surface area contributed by atoms with Crippen LogP contribution >= 0.6 is 11.6 Å². The van der Waals surface area contributed by atoms with Crippen LogP contribution in [0.2, 0.25) is 5.02 Å². The number of nitrogens with zero attached hydrogens (tertiary/aromatic N) is 2. The van der Waals surface area contributed by atoms with Crippen LogP contribution in [0, 0.1) is 6.92 Å². The molecule has 0 fully saturated rings. The molecule has 0 spiro atoms. The number of halogens is 1. The van der Waals surface area contributed by atoms with Crippen LogP contribution in [0.4, 0.5) is 0 Å². The molecule has 2 aromatic carbocycles. The van der Waals surface area contributed by atoms with E-state index in [1.54, 1.807) is 6.33 Å². The Morgan fingerprint density at radius 1 is 1.24 bits per heavy atom. The highest BCUT2D eigenvalue weighted by Gasteiger charge is 2.14. The van der Waals surface area contributed by atoms with Crippen LogP contribution in [-0.4, -0.2) is 27.4 Å². The summed E-state index contributed by atoms with van der Waals surface area (Å²) in [4.78, 5) is 4.34. The van der Waals surface area contributed by atoms with Gasteiger partial charge in [-0.15, -0.1) is 0 Å². The van der Waals surface area contributed by atoms with Crippen LogP contribution in [0.15, 0.2) is 42.7 Å². The van der Waals surface area contributed by atoms with E-state index >= 15 is 0 Å². The zero-order valence-corrected chi connectivity index (χ0v) is 15.5. The molecule has 3 rings (SSSR count). The Kier molecular flexibility index (Phi) is 5.30. The molecule has 3 aromatic rings. The number of aryl methyl sites for hydroxylation is 1. The standard InChI is InChI=1S/C20H23ClN2O2/c1-13(2)16-9-17(21)14(3)8-20(16)25-11-15(24)10-23-12-22-18-6-4-5-7-19(18)23/h4-9,12-13,15,24H,10-11H2,1-3H3. The van der Waals surface area contributed by atoms with E-state index in [1.807, 2.05) is 47.9 Å². The lowest BCUT2D eigenvalue weighted by molar-refractivity contribution is 0.0928. The van der Waals surface area contributed by atoms with Crippen molar-refractivity contribution in [2.24, 2.45) is 0 Å². The fourth-order valence-corrected chi connectivity index (χ4v) is 3.04. The molecule has 1 N–H and O–H groups in total. The van der Waals surface area contributed by atoms with Crippen LogP contribution in [0.5, 0.6) is 5.75 Å². The Hall–Kier alpha value is -2.04. The van der Waals surface area contributed by atoms with Gasteiger partial charge >= 0.3 is 0 Å². The van der Waals surface area contributed by atoms with Crippen LogP contribution in [-0.2, 0) is 6.54 Å². The zero-order valence-electron chi connectivity index (χ0n) is 14.7. The van der Waals surface area contributed by atoms with Crippen molar-refractivity contribution in [2.45, 2.75) is 39.3 Å². The number of aliphatic hydroxyl groups is 1. The second kappa shape index (κ2) is 7.46. The summed E-state index contributed by atoms with van der Waals surface area (Å²) in [7, 11) is 0. The van der Waals surface area contributed by atoms with Gasteiger partial charge in [0.25, 0.3) is 0 Å². The summed E-state index contributed by atoms with van der Waals surface area (Å²) in [6.45, 7) is 6.80. The van der Waals surface area contributed by atoms with Crippen LogP contribution in [0.1, 0.15) is 30.9 Å². The summed E-state index contributed by atoms with van der Waals surface area (Å²) >= 11 is 6.23. The predicted molar refractivity (Wildman–Crippen MR) is 102 cm³/mol. The van der Waals surface area contributed by atoms with Gasteiger partial charge in [-0.1, -0.05) is 37.6 Å². The van der Waals surface area contributed by atoms with Crippen molar-refractivity contribution < 1.29 is 9.84 Å². The molecule has 1 heterocycles. The van der Waals surface area contributed by atoms with Crippen molar-refractivity contribution in [1.29, 1.82) is 0 Å². The van der Waals surface area contributed by atoms with Crippen molar-refractivity contribution >= 4 is 22.6 Å². The molecule has 1 aromatic heterocycles. The third kappa shape index (κ3) is 3.97. The lowest BCUT2D eigenvalue weighted by atomic mass is 10.0. The molecule has 0 amide bonds. The van der Waals surface area contributed by atoms with Crippen LogP contribution in [0.25, 0.3) is 11.0 Å². The van der Waals surface area contributed by atoms with Crippen molar-refractivity contribution in [3.05, 3.63) is 58.9 Å². The van der Waals surface area contributed by atoms with Crippen LogP contribution < -0.4 is 4.74 Å². The zero-order chi connectivity index (χ0) is 18.0. The molecule has 0 radical (unpaired) electrons. The number of fused-ring (bicyclic) bond motifs is 1. The second-order valence-corrected chi connectivity index (χ2v) is 7.05. The molecule has 1 atom stereocenters. The number of para-hydroxylation sites is 2. The molecule has 1 unspecified atom stereocenters. The summed E-state index contributed by atoms with van der Waals surface area (Å²) in [6.07, 6.45) is 1.12. The van der Waals surface area contributed by atoms with Gasteiger partial charge in [0.2, 0.25) is 0 Å². The van der Waals surface area contributed by atoms with Gasteiger partial charge in [-0.2, -0.15) is 0 Å². The Morgan fingerprint density at radius 2 is 2.00 bits per heavy atom. The monoisotopic (exact) mass is 358 g/mol. The third-order valence-corrected chi connectivity index (χ3v) is 4.69. The second-order valence-electron chi connectivity index (χ2n) is 6.64. The number of hydrogen-bond acceptors (Lipinski definition) is 3. The maximum atomic E-state index is 10.4. The highest BCUT2D eigenvalue weighted by molar-refractivity contribution is 6.31. The van der Waals surface area contributed by atoms with Crippen molar-refractivity contribution in [3.63, 3.8) is 0 Å². The quantitative estimate of drug-likeness (QED) is 0.702. The van der Waals surface area contributed by atoms with Crippen LogP contribution in [0.3, 0.4) is 0 Å². The number of ether oxygens (including phenoxy) is 1. The number of hydrogen-bond donors (Lipinski definition) is 1. The highest BCUT2D eigenvalue weighted by Crippen LogP contribution is 2.32. The Labute approximate surface area is 153 Å². The first kappa shape index (κ1) is 17.8. The molecule has 132 valence electrons. The Bertz CT molecular complexity index is 873. The molecule has 0 aliphatic heterocycles. The molecular weight excluding hydrogens is 336 g/mol. The molecule has 0 saturated heterocycles. The largest absolute Gasteiger partial charge is 0.491 e. The van der Waals surface area contributed by atoms with Gasteiger partial charge in [0.05, 0.1) is 23.9 Å². The Morgan fingerprint density at radius 3 is 2.76 bits per heavy atom. The summed E-state index contributed by atoms with van der Waals surface area (Å²) < 4.78 is 7.86. The number of benzene rings is 2. The molecule has 4 nitrogen and oxygen atoms in total. The molecule has 0 saturated carbocycles. The minimum atomic E-state index is -0.631. The van der Waals surface area contributed by atoms with Gasteiger partial charge in [0.1, 0.15) is 18.5 Å². The maximum absolute atomic E-state index is 10.4. The molecule has 0 aliphatic carbocycles. The summed E-state index contributed by atoms with van der Waals surface area (Å²) in [5.41, 5.74) is 3.95. The van der Waals surface area contributed by atoms with Gasteiger partial charge in [0, 0.05) is 5.02 Å². The fourth-order valence-electron chi connectivity index (χ4n) is 2.87. The van der Waals surface area contributed by atoms with E-state index in [2.05, 4.69) is 18.8 Å². The van der Waals surface area contributed by atoms with Crippen molar-refractivity contribution in [2.75, 3.05) is 6.61 Å². The first-order valence-corrected chi connectivity index (χ1v) is 8.84. The summed E-state index contributed by atoms with van der Waals surface area (Å²) in [5, 5.41) is 11.1. The lowest BCUT2D eigenvalue weighted by Crippen LogP contribution is -2.23. The molecule has 0 bridgehead atoms. The number of imidazole rings is 1. The SMILES string of the molecule is Cc1cc(OCC(O)Cn2cnc3ccccc32)c(C(C)C)cc1Cl. The number of aliphatic hydroxyl groups excluding tert-OH is 1. The van der Waals surface area contributed by atoms with Crippen molar-refractivity contribution in [1.82, 2.24) is 9.55 Å². The molecule has 0 aliphatic rings. The first-order valence-electron chi connectivity index (χ1n) is 8.46. The van der Waals surface area contributed by atoms with Crippen molar-refractivity contribution in [3.8, 4) is 5.75 Å². The van der Waals surface area contributed by atoms with E-state index in [4.69, 9.17) is 16.3 Å². The van der Waals surface area contributed by atoms with E-state index in [9.17, 15) is 5.11 Å². The van der Waals surface area contributed by atoms with Gasteiger partial charge in [-0.3, -0.25) is 0 Å². The molecular formula is C20H23ClN2O2. The highest BCUT2D eigenvalue weighted by atomic mass is 35.5. The normalized spacial score (nSPS) is 12.7. The Balaban J connectivity index is 1.70. The smallest absolute Gasteiger partial charge is 0.123 e. The van der Waals surface area contributed by atoms with E-state index in [-0.39, 0.29) is 6.61 Å². The maximum Gasteiger partial charge on any atom is 0.123 e. The average Bonchev–Trinajstić information content (AvgIpc) is 2.98. The summed E-state index contributed by atoms with van der Waals surface area (Å²) in [6, 6.07) is 11.8. The minimum absolute atomic E-state index is 0.216. The predicted octanol–water partition coefficient (Wildman–Crippen LogP) is 4.56. The van der Waals surface area contributed by atoms with Gasteiger partial charge in [-0.25, -0.2) is 4.98 Å². The number of rotatable bonds is 6. The topological polar surface area (TPSA) is 47.3 Å². The van der Waals surface area contributed by atoms with E-state index in [0.717, 1.165) is 32.9 Å². The third-order valence-electron chi connectivity index (χ3n) is 4.28. The fraction of sp³-hybridized carbons (Fsp3) is 0.350. The molecule has 5 heteroatoms. The van der Waals surface area contributed by atoms with Gasteiger partial charge in [-0.05, 0) is 48.2 Å². The molecule has 25 heavy (non-hydrogen) atoms. The minimum Gasteiger partial charge on any atom is -0.491 e. The summed E-state index contributed by atoms with van der Waals surface area (Å²) in [5.74, 6) is 1.08. The number of aromatic nitrogens is 2.